The summed E-state index contributed by atoms with van der Waals surface area (Å²) in [6.07, 6.45) is 1.24. The van der Waals surface area contributed by atoms with Gasteiger partial charge >= 0.3 is 0 Å². The van der Waals surface area contributed by atoms with Gasteiger partial charge in [-0.1, -0.05) is 37.3 Å². The second-order valence-electron chi connectivity index (χ2n) is 6.45. The van der Waals surface area contributed by atoms with Gasteiger partial charge in [-0.25, -0.2) is 4.98 Å². The fourth-order valence-corrected chi connectivity index (χ4v) is 4.10. The van der Waals surface area contributed by atoms with Crippen LogP contribution in [0.15, 0.2) is 41.2 Å². The third-order valence-electron chi connectivity index (χ3n) is 4.65. The molecule has 1 saturated heterocycles. The summed E-state index contributed by atoms with van der Waals surface area (Å²) in [5.74, 6) is 0.695. The van der Waals surface area contributed by atoms with Crippen LogP contribution < -0.4 is 0 Å². The standard InChI is InChI=1S/C18H25N3S/c1-15-10-21(11-16-6-4-3-5-7-16)9-8-18(15)20(2)12-17-13-22-14-19-17/h3-7,13-15,18H,8-12H2,1-2H3/t15-,18-/m0/s1. The van der Waals surface area contributed by atoms with Crippen molar-refractivity contribution < 1.29 is 0 Å². The smallest absolute Gasteiger partial charge is 0.0795 e. The van der Waals surface area contributed by atoms with Crippen LogP contribution in [0.2, 0.25) is 0 Å². The zero-order valence-corrected chi connectivity index (χ0v) is 14.3. The average molecular weight is 315 g/mol. The largest absolute Gasteiger partial charge is 0.299 e. The molecule has 0 amide bonds. The van der Waals surface area contributed by atoms with E-state index in [2.05, 4.69) is 64.5 Å². The highest BCUT2D eigenvalue weighted by molar-refractivity contribution is 7.07. The molecule has 0 aliphatic carbocycles. The van der Waals surface area contributed by atoms with Crippen molar-refractivity contribution in [3.8, 4) is 0 Å². The van der Waals surface area contributed by atoms with Gasteiger partial charge in [0.2, 0.25) is 0 Å². The van der Waals surface area contributed by atoms with Gasteiger partial charge in [0.05, 0.1) is 11.2 Å². The number of benzene rings is 1. The summed E-state index contributed by atoms with van der Waals surface area (Å²) in [7, 11) is 2.24. The summed E-state index contributed by atoms with van der Waals surface area (Å²) in [5, 5.41) is 2.16. The summed E-state index contributed by atoms with van der Waals surface area (Å²) in [5.41, 5.74) is 4.55. The maximum Gasteiger partial charge on any atom is 0.0795 e. The molecule has 0 unspecified atom stereocenters. The van der Waals surface area contributed by atoms with Crippen LogP contribution in [0, 0.1) is 5.92 Å². The first-order valence-corrected chi connectivity index (χ1v) is 9.00. The van der Waals surface area contributed by atoms with Crippen molar-refractivity contribution in [2.45, 2.75) is 32.5 Å². The molecule has 0 spiro atoms. The molecule has 22 heavy (non-hydrogen) atoms. The van der Waals surface area contributed by atoms with E-state index in [0.29, 0.717) is 12.0 Å². The van der Waals surface area contributed by atoms with Crippen LogP contribution in [0.25, 0.3) is 0 Å². The Hall–Kier alpha value is -1.23. The van der Waals surface area contributed by atoms with Gasteiger partial charge in [-0.05, 0) is 31.5 Å². The van der Waals surface area contributed by atoms with E-state index in [4.69, 9.17) is 0 Å². The van der Waals surface area contributed by atoms with Crippen LogP contribution in [-0.2, 0) is 13.1 Å². The summed E-state index contributed by atoms with van der Waals surface area (Å²) in [4.78, 5) is 9.49. The van der Waals surface area contributed by atoms with Crippen molar-refractivity contribution in [2.24, 2.45) is 5.92 Å². The molecule has 4 heteroatoms. The molecule has 1 aliphatic rings. The number of rotatable bonds is 5. The molecule has 0 saturated carbocycles. The summed E-state index contributed by atoms with van der Waals surface area (Å²) >= 11 is 1.68. The van der Waals surface area contributed by atoms with Gasteiger partial charge in [-0.15, -0.1) is 11.3 Å². The lowest BCUT2D eigenvalue weighted by molar-refractivity contribution is 0.0714. The molecule has 2 heterocycles. The number of hydrogen-bond acceptors (Lipinski definition) is 4. The summed E-state index contributed by atoms with van der Waals surface area (Å²) in [6, 6.07) is 11.5. The summed E-state index contributed by atoms with van der Waals surface area (Å²) < 4.78 is 0. The maximum atomic E-state index is 4.41. The Bertz CT molecular complexity index is 555. The van der Waals surface area contributed by atoms with Gasteiger partial charge in [-0.2, -0.15) is 0 Å². The third kappa shape index (κ3) is 3.94. The van der Waals surface area contributed by atoms with Crippen LogP contribution in [0.3, 0.4) is 0 Å². The Morgan fingerprint density at radius 3 is 2.82 bits per heavy atom. The van der Waals surface area contributed by atoms with Crippen LogP contribution >= 0.6 is 11.3 Å². The van der Waals surface area contributed by atoms with E-state index < -0.39 is 0 Å². The van der Waals surface area contributed by atoms with E-state index in [9.17, 15) is 0 Å². The lowest BCUT2D eigenvalue weighted by atomic mass is 9.92. The van der Waals surface area contributed by atoms with E-state index in [1.165, 1.54) is 30.8 Å². The molecule has 0 radical (unpaired) electrons. The third-order valence-corrected chi connectivity index (χ3v) is 5.29. The lowest BCUT2D eigenvalue weighted by Crippen LogP contribution is -2.48. The summed E-state index contributed by atoms with van der Waals surface area (Å²) in [6.45, 7) is 6.80. The van der Waals surface area contributed by atoms with E-state index in [0.717, 1.165) is 13.1 Å². The molecule has 1 aromatic heterocycles. The van der Waals surface area contributed by atoms with E-state index >= 15 is 0 Å². The first kappa shape index (κ1) is 15.7. The Kier molecular flexibility index (Phi) is 5.24. The van der Waals surface area contributed by atoms with Crippen molar-refractivity contribution in [1.82, 2.24) is 14.8 Å². The normalized spacial score (nSPS) is 23.0. The SMILES string of the molecule is C[C@H]1CN(Cc2ccccc2)CC[C@@H]1N(C)Cc1cscn1. The number of nitrogens with zero attached hydrogens (tertiary/aromatic N) is 3. The van der Waals surface area contributed by atoms with Crippen molar-refractivity contribution in [1.29, 1.82) is 0 Å². The molecule has 0 N–H and O–H groups in total. The quantitative estimate of drug-likeness (QED) is 0.842. The van der Waals surface area contributed by atoms with E-state index in [-0.39, 0.29) is 0 Å². The Morgan fingerprint density at radius 1 is 1.32 bits per heavy atom. The lowest BCUT2D eigenvalue weighted by Gasteiger charge is -2.41. The fourth-order valence-electron chi connectivity index (χ4n) is 3.55. The van der Waals surface area contributed by atoms with Crippen LogP contribution in [-0.4, -0.2) is 41.0 Å². The Morgan fingerprint density at radius 2 is 2.14 bits per heavy atom. The highest BCUT2D eigenvalue weighted by Gasteiger charge is 2.28. The van der Waals surface area contributed by atoms with Crippen LogP contribution in [0.5, 0.6) is 0 Å². The molecule has 1 aliphatic heterocycles. The maximum absolute atomic E-state index is 4.41. The van der Waals surface area contributed by atoms with Crippen molar-refractivity contribution in [2.75, 3.05) is 20.1 Å². The molecule has 118 valence electrons. The van der Waals surface area contributed by atoms with Crippen molar-refractivity contribution >= 4 is 11.3 Å². The van der Waals surface area contributed by atoms with Gasteiger partial charge in [0.1, 0.15) is 0 Å². The van der Waals surface area contributed by atoms with Gasteiger partial charge in [0.25, 0.3) is 0 Å². The zero-order chi connectivity index (χ0) is 15.4. The van der Waals surface area contributed by atoms with Gasteiger partial charge < -0.3 is 0 Å². The second-order valence-corrected chi connectivity index (χ2v) is 7.17. The number of piperidine rings is 1. The topological polar surface area (TPSA) is 19.4 Å². The number of thiazole rings is 1. The minimum atomic E-state index is 0.661. The molecular formula is C18H25N3S. The molecule has 2 atom stereocenters. The first-order chi connectivity index (χ1) is 10.7. The molecule has 1 aromatic carbocycles. The first-order valence-electron chi connectivity index (χ1n) is 8.06. The molecular weight excluding hydrogens is 290 g/mol. The van der Waals surface area contributed by atoms with E-state index in [1.807, 2.05) is 5.51 Å². The number of likely N-dealkylation sites (tertiary alicyclic amines) is 1. The highest BCUT2D eigenvalue weighted by Crippen LogP contribution is 2.23. The Balaban J connectivity index is 1.53. The molecule has 2 aromatic rings. The van der Waals surface area contributed by atoms with E-state index in [1.54, 1.807) is 11.3 Å². The van der Waals surface area contributed by atoms with Gasteiger partial charge in [0.15, 0.2) is 0 Å². The highest BCUT2D eigenvalue weighted by atomic mass is 32.1. The van der Waals surface area contributed by atoms with Crippen molar-refractivity contribution in [3.05, 3.63) is 52.5 Å². The number of hydrogen-bond donors (Lipinski definition) is 0. The van der Waals surface area contributed by atoms with Crippen LogP contribution in [0.4, 0.5) is 0 Å². The average Bonchev–Trinajstić information content (AvgIpc) is 3.01. The molecule has 0 bridgehead atoms. The fraction of sp³-hybridized carbons (Fsp3) is 0.500. The second kappa shape index (κ2) is 7.36. The number of aromatic nitrogens is 1. The minimum absolute atomic E-state index is 0.661. The van der Waals surface area contributed by atoms with Crippen LogP contribution in [0.1, 0.15) is 24.6 Å². The predicted octanol–water partition coefficient (Wildman–Crippen LogP) is 3.49. The van der Waals surface area contributed by atoms with Gasteiger partial charge in [0, 0.05) is 31.1 Å². The molecule has 1 fully saturated rings. The Labute approximate surface area is 137 Å². The molecule has 3 nitrogen and oxygen atoms in total. The zero-order valence-electron chi connectivity index (χ0n) is 13.5. The minimum Gasteiger partial charge on any atom is -0.299 e. The van der Waals surface area contributed by atoms with Gasteiger partial charge in [-0.3, -0.25) is 9.80 Å². The predicted molar refractivity (Wildman–Crippen MR) is 92.9 cm³/mol. The molecule has 3 rings (SSSR count). The van der Waals surface area contributed by atoms with Crippen molar-refractivity contribution in [3.63, 3.8) is 0 Å². The monoisotopic (exact) mass is 315 g/mol.